The molecule has 0 spiro atoms. The minimum atomic E-state index is 0.328. The van der Waals surface area contributed by atoms with E-state index in [2.05, 4.69) is 29.0 Å². The van der Waals surface area contributed by atoms with E-state index in [4.69, 9.17) is 4.74 Å². The highest BCUT2D eigenvalue weighted by Crippen LogP contribution is 2.31. The van der Waals surface area contributed by atoms with Crippen molar-refractivity contribution in [2.45, 2.75) is 12.8 Å². The standard InChI is InChI=1S/C26H21NO2/c1-29-25-18-21(14-15-27-25)9-5-8-20-10-11-22-12-13-23(26(28)24(22)17-20)16-19-6-3-2-4-7-19/h2-4,6-7,10-15,17-18,28H,9,16H2,1H3. The predicted octanol–water partition coefficient (Wildman–Crippen LogP) is 5.13. The SMILES string of the molecule is COc1cc(CC#Cc2ccc3ccc(Cc4ccccc4)c(O)c3c2)ccn1. The number of fused-ring (bicyclic) bond motifs is 1. The molecule has 142 valence electrons. The highest BCUT2D eigenvalue weighted by atomic mass is 16.5. The van der Waals surface area contributed by atoms with Gasteiger partial charge in [0.15, 0.2) is 0 Å². The second-order valence-corrected chi connectivity index (χ2v) is 6.86. The summed E-state index contributed by atoms with van der Waals surface area (Å²) >= 11 is 0. The maximum absolute atomic E-state index is 10.8. The molecule has 0 fully saturated rings. The molecule has 0 saturated carbocycles. The summed E-state index contributed by atoms with van der Waals surface area (Å²) in [5.74, 6) is 7.31. The lowest BCUT2D eigenvalue weighted by atomic mass is 9.98. The monoisotopic (exact) mass is 379 g/mol. The Balaban J connectivity index is 1.59. The van der Waals surface area contributed by atoms with Gasteiger partial charge in [-0.05, 0) is 40.3 Å². The van der Waals surface area contributed by atoms with Gasteiger partial charge in [-0.1, -0.05) is 60.4 Å². The molecule has 3 aromatic carbocycles. The molecule has 0 atom stereocenters. The van der Waals surface area contributed by atoms with Crippen LogP contribution >= 0.6 is 0 Å². The zero-order valence-corrected chi connectivity index (χ0v) is 16.2. The van der Waals surface area contributed by atoms with Crippen molar-refractivity contribution in [1.82, 2.24) is 4.98 Å². The van der Waals surface area contributed by atoms with Gasteiger partial charge in [0, 0.05) is 36.1 Å². The Morgan fingerprint density at radius 2 is 1.76 bits per heavy atom. The van der Waals surface area contributed by atoms with Gasteiger partial charge in [0.25, 0.3) is 0 Å². The third-order valence-corrected chi connectivity index (χ3v) is 4.85. The number of nitrogens with zero attached hydrogens (tertiary/aromatic N) is 1. The summed E-state index contributed by atoms with van der Waals surface area (Å²) in [6.07, 6.45) is 3.03. The van der Waals surface area contributed by atoms with Gasteiger partial charge >= 0.3 is 0 Å². The topological polar surface area (TPSA) is 42.4 Å². The first-order valence-electron chi connectivity index (χ1n) is 9.49. The fraction of sp³-hybridized carbons (Fsp3) is 0.115. The number of ether oxygens (including phenoxy) is 1. The third kappa shape index (κ3) is 4.39. The van der Waals surface area contributed by atoms with E-state index in [-0.39, 0.29) is 0 Å². The van der Waals surface area contributed by atoms with Crippen LogP contribution in [0, 0.1) is 11.8 Å². The Morgan fingerprint density at radius 1 is 0.931 bits per heavy atom. The van der Waals surface area contributed by atoms with E-state index in [1.807, 2.05) is 60.7 Å². The Labute approximate surface area is 170 Å². The number of methoxy groups -OCH3 is 1. The van der Waals surface area contributed by atoms with Gasteiger partial charge in [0.2, 0.25) is 5.88 Å². The molecule has 4 aromatic rings. The largest absolute Gasteiger partial charge is 0.507 e. The van der Waals surface area contributed by atoms with Crippen LogP contribution in [-0.4, -0.2) is 17.2 Å². The lowest BCUT2D eigenvalue weighted by molar-refractivity contribution is 0.397. The van der Waals surface area contributed by atoms with Crippen molar-refractivity contribution in [3.05, 3.63) is 101 Å². The van der Waals surface area contributed by atoms with Crippen LogP contribution in [0.2, 0.25) is 0 Å². The summed E-state index contributed by atoms with van der Waals surface area (Å²) in [5, 5.41) is 12.7. The minimum absolute atomic E-state index is 0.328. The number of hydrogen-bond donors (Lipinski definition) is 1. The normalized spacial score (nSPS) is 10.4. The van der Waals surface area contributed by atoms with Crippen LogP contribution in [-0.2, 0) is 12.8 Å². The van der Waals surface area contributed by atoms with Crippen molar-refractivity contribution < 1.29 is 9.84 Å². The molecule has 1 N–H and O–H groups in total. The molecule has 0 aliphatic heterocycles. The highest BCUT2D eigenvalue weighted by molar-refractivity contribution is 5.90. The van der Waals surface area contributed by atoms with E-state index in [9.17, 15) is 5.11 Å². The summed E-state index contributed by atoms with van der Waals surface area (Å²) in [5.41, 5.74) is 4.02. The van der Waals surface area contributed by atoms with E-state index in [1.165, 1.54) is 5.56 Å². The van der Waals surface area contributed by atoms with Gasteiger partial charge in [-0.3, -0.25) is 0 Å². The van der Waals surface area contributed by atoms with Gasteiger partial charge in [-0.15, -0.1) is 0 Å². The predicted molar refractivity (Wildman–Crippen MR) is 116 cm³/mol. The van der Waals surface area contributed by atoms with Crippen LogP contribution in [0.4, 0.5) is 0 Å². The van der Waals surface area contributed by atoms with Crippen LogP contribution < -0.4 is 4.74 Å². The second kappa shape index (κ2) is 8.50. The van der Waals surface area contributed by atoms with Crippen molar-refractivity contribution in [1.29, 1.82) is 0 Å². The molecule has 0 bridgehead atoms. The van der Waals surface area contributed by atoms with Crippen molar-refractivity contribution in [3.63, 3.8) is 0 Å². The number of aromatic nitrogens is 1. The zero-order valence-electron chi connectivity index (χ0n) is 16.2. The number of hydrogen-bond acceptors (Lipinski definition) is 3. The van der Waals surface area contributed by atoms with Crippen LogP contribution in [0.1, 0.15) is 22.3 Å². The first-order chi connectivity index (χ1) is 14.2. The summed E-state index contributed by atoms with van der Waals surface area (Å²) < 4.78 is 5.15. The molecule has 1 aromatic heterocycles. The third-order valence-electron chi connectivity index (χ3n) is 4.85. The van der Waals surface area contributed by atoms with E-state index >= 15 is 0 Å². The van der Waals surface area contributed by atoms with E-state index in [0.717, 1.165) is 27.5 Å². The van der Waals surface area contributed by atoms with Gasteiger partial charge in [-0.25, -0.2) is 4.98 Å². The molecule has 29 heavy (non-hydrogen) atoms. The highest BCUT2D eigenvalue weighted by Gasteiger charge is 2.08. The van der Waals surface area contributed by atoms with Crippen molar-refractivity contribution in [3.8, 4) is 23.5 Å². The first-order valence-corrected chi connectivity index (χ1v) is 9.49. The number of phenols is 1. The molecule has 0 amide bonds. The fourth-order valence-electron chi connectivity index (χ4n) is 3.31. The van der Waals surface area contributed by atoms with Crippen LogP contribution in [0.15, 0.2) is 79.0 Å². The van der Waals surface area contributed by atoms with Crippen LogP contribution in [0.5, 0.6) is 11.6 Å². The van der Waals surface area contributed by atoms with Gasteiger partial charge in [0.05, 0.1) is 7.11 Å². The summed E-state index contributed by atoms with van der Waals surface area (Å²) in [4.78, 5) is 4.11. The van der Waals surface area contributed by atoms with Crippen molar-refractivity contribution in [2.75, 3.05) is 7.11 Å². The van der Waals surface area contributed by atoms with Crippen molar-refractivity contribution >= 4 is 10.8 Å². The lowest BCUT2D eigenvalue weighted by Crippen LogP contribution is -1.90. The Hall–Kier alpha value is -3.77. The van der Waals surface area contributed by atoms with Gasteiger partial charge in [0.1, 0.15) is 5.75 Å². The van der Waals surface area contributed by atoms with E-state index in [1.54, 1.807) is 13.3 Å². The molecule has 3 nitrogen and oxygen atoms in total. The first kappa shape index (κ1) is 18.6. The number of benzene rings is 3. The molecular formula is C26H21NO2. The molecule has 0 unspecified atom stereocenters. The summed E-state index contributed by atoms with van der Waals surface area (Å²) in [6.45, 7) is 0. The fourth-order valence-corrected chi connectivity index (χ4v) is 3.31. The smallest absolute Gasteiger partial charge is 0.213 e. The number of aromatic hydroxyl groups is 1. The Morgan fingerprint density at radius 3 is 2.59 bits per heavy atom. The molecule has 0 aliphatic rings. The Kier molecular flexibility index (Phi) is 5.45. The molecule has 1 heterocycles. The molecule has 4 rings (SSSR count). The number of phenolic OH excluding ortho intramolecular Hbond substituents is 1. The molecule has 0 radical (unpaired) electrons. The molecule has 0 saturated heterocycles. The Bertz CT molecular complexity index is 1200. The van der Waals surface area contributed by atoms with Crippen LogP contribution in [0.25, 0.3) is 10.8 Å². The van der Waals surface area contributed by atoms with Crippen molar-refractivity contribution in [2.24, 2.45) is 0 Å². The van der Waals surface area contributed by atoms with Crippen LogP contribution in [0.3, 0.4) is 0 Å². The van der Waals surface area contributed by atoms with E-state index in [0.29, 0.717) is 24.5 Å². The summed E-state index contributed by atoms with van der Waals surface area (Å²) in [7, 11) is 1.60. The van der Waals surface area contributed by atoms with E-state index < -0.39 is 0 Å². The second-order valence-electron chi connectivity index (χ2n) is 6.86. The molecule has 0 aliphatic carbocycles. The summed E-state index contributed by atoms with van der Waals surface area (Å²) in [6, 6.07) is 24.0. The average molecular weight is 379 g/mol. The number of pyridine rings is 1. The maximum atomic E-state index is 10.8. The molecular weight excluding hydrogens is 358 g/mol. The average Bonchev–Trinajstić information content (AvgIpc) is 2.77. The quantitative estimate of drug-likeness (QED) is 0.500. The molecule has 3 heteroatoms. The lowest BCUT2D eigenvalue weighted by Gasteiger charge is -2.09. The number of rotatable bonds is 4. The zero-order chi connectivity index (χ0) is 20.1. The minimum Gasteiger partial charge on any atom is -0.507 e. The van der Waals surface area contributed by atoms with Gasteiger partial charge in [-0.2, -0.15) is 0 Å². The van der Waals surface area contributed by atoms with Gasteiger partial charge < -0.3 is 9.84 Å². The maximum Gasteiger partial charge on any atom is 0.213 e.